The first-order valence-corrected chi connectivity index (χ1v) is 11.5. The van der Waals surface area contributed by atoms with E-state index in [2.05, 4.69) is 4.98 Å². The molecule has 2 aliphatic rings. The van der Waals surface area contributed by atoms with Crippen LogP contribution < -0.4 is 0 Å². The van der Waals surface area contributed by atoms with Crippen molar-refractivity contribution in [3.8, 4) is 0 Å². The first-order valence-electron chi connectivity index (χ1n) is 11.5. The maximum absolute atomic E-state index is 11.9. The number of nitrogens with one attached hydrogen (secondary N) is 1. The summed E-state index contributed by atoms with van der Waals surface area (Å²) in [4.78, 5) is 50.2. The van der Waals surface area contributed by atoms with E-state index in [0.717, 1.165) is 53.8 Å². The van der Waals surface area contributed by atoms with Gasteiger partial charge in [-0.1, -0.05) is 0 Å². The number of aryl methyl sites for hydroxylation is 1. The van der Waals surface area contributed by atoms with E-state index in [1.165, 1.54) is 0 Å². The van der Waals surface area contributed by atoms with E-state index < -0.39 is 0 Å². The average Bonchev–Trinajstić information content (AvgIpc) is 3.25. The van der Waals surface area contributed by atoms with Gasteiger partial charge in [-0.3, -0.25) is 9.59 Å². The van der Waals surface area contributed by atoms with Gasteiger partial charge in [0, 0.05) is 42.4 Å². The molecule has 4 rings (SSSR count). The molecule has 178 valence electrons. The minimum absolute atomic E-state index is 0.130. The van der Waals surface area contributed by atoms with Crippen molar-refractivity contribution in [1.82, 2.24) is 9.55 Å². The number of hydrogen-bond donors (Lipinski definition) is 1. The van der Waals surface area contributed by atoms with E-state index >= 15 is 0 Å². The predicted octanol–water partition coefficient (Wildman–Crippen LogP) is 4.05. The summed E-state index contributed by atoms with van der Waals surface area (Å²) in [6.07, 6.45) is 4.36. The Kier molecular flexibility index (Phi) is 7.56. The zero-order valence-electron chi connectivity index (χ0n) is 20.1. The second kappa shape index (κ2) is 10.2. The summed E-state index contributed by atoms with van der Waals surface area (Å²) in [6.45, 7) is 7.96. The molecular weight excluding hydrogens is 424 g/mol. The molecule has 2 aliphatic carbocycles. The number of H-pyrrole nitrogens is 1. The number of rotatable bonds is 4. The second-order valence-corrected chi connectivity index (χ2v) is 8.32. The van der Waals surface area contributed by atoms with Gasteiger partial charge in [-0.15, -0.1) is 0 Å². The summed E-state index contributed by atoms with van der Waals surface area (Å²) in [5.74, 6) is -0.406. The third-order valence-electron chi connectivity index (χ3n) is 6.25. The number of aromatic amines is 1. The number of nitrogens with zero attached hydrogens (tertiary/aromatic N) is 1. The van der Waals surface area contributed by atoms with E-state index in [1.54, 1.807) is 18.4 Å². The molecule has 0 bridgehead atoms. The van der Waals surface area contributed by atoms with Crippen LogP contribution in [0.25, 0.3) is 0 Å². The first-order chi connectivity index (χ1) is 15.7. The molecule has 0 amide bonds. The highest BCUT2D eigenvalue weighted by atomic mass is 16.5. The smallest absolute Gasteiger partial charge is 0.355 e. The number of ketones is 2. The topological polar surface area (TPSA) is 107 Å². The number of esters is 2. The van der Waals surface area contributed by atoms with Crippen molar-refractivity contribution in [2.75, 3.05) is 13.2 Å². The Hall–Kier alpha value is -3.16. The Labute approximate surface area is 193 Å². The van der Waals surface area contributed by atoms with Crippen LogP contribution in [0, 0.1) is 13.8 Å². The number of fused-ring (bicyclic) bond motifs is 2. The zero-order valence-corrected chi connectivity index (χ0v) is 20.1. The minimum atomic E-state index is -0.360. The molecule has 0 unspecified atom stereocenters. The van der Waals surface area contributed by atoms with Gasteiger partial charge in [0.1, 0.15) is 11.4 Å². The van der Waals surface area contributed by atoms with Crippen LogP contribution in [0.1, 0.15) is 104 Å². The van der Waals surface area contributed by atoms with Crippen molar-refractivity contribution < 1.29 is 28.7 Å². The van der Waals surface area contributed by atoms with Crippen molar-refractivity contribution in [3.05, 3.63) is 45.0 Å². The standard InChI is InChI=1S/C13H17NO3.C12H15NO3/c1-4-17-13(16)12-9-6-5-7-10(15)11(9)8(2)14(12)3;1-3-16-12(15)11-8-5-4-6-9(14)10(8)7(2)13-11/h4-7H2,1-3H3;13H,3-6H2,1-2H3. The van der Waals surface area contributed by atoms with Gasteiger partial charge in [0.05, 0.1) is 13.2 Å². The monoisotopic (exact) mass is 456 g/mol. The van der Waals surface area contributed by atoms with Gasteiger partial charge in [0.25, 0.3) is 0 Å². The normalized spacial score (nSPS) is 14.7. The van der Waals surface area contributed by atoms with Crippen LogP contribution in [0.5, 0.6) is 0 Å². The van der Waals surface area contributed by atoms with E-state index in [9.17, 15) is 19.2 Å². The van der Waals surface area contributed by atoms with Gasteiger partial charge in [-0.05, 0) is 64.5 Å². The fourth-order valence-electron chi connectivity index (χ4n) is 4.73. The zero-order chi connectivity index (χ0) is 24.3. The molecule has 33 heavy (non-hydrogen) atoms. The van der Waals surface area contributed by atoms with E-state index in [-0.39, 0.29) is 23.5 Å². The maximum atomic E-state index is 11.9. The fourth-order valence-corrected chi connectivity index (χ4v) is 4.73. The molecule has 0 saturated carbocycles. The van der Waals surface area contributed by atoms with Gasteiger partial charge in [0.2, 0.25) is 0 Å². The molecular formula is C25H32N2O6. The number of aromatic nitrogens is 2. The minimum Gasteiger partial charge on any atom is -0.461 e. The predicted molar refractivity (Wildman–Crippen MR) is 122 cm³/mol. The molecule has 1 N–H and O–H groups in total. The number of carbonyl (C=O) groups excluding carboxylic acids is 4. The summed E-state index contributed by atoms with van der Waals surface area (Å²) in [6, 6.07) is 0. The molecule has 0 spiro atoms. The van der Waals surface area contributed by atoms with Crippen molar-refractivity contribution >= 4 is 23.5 Å². The Morgan fingerprint density at radius 1 is 0.848 bits per heavy atom. The van der Waals surface area contributed by atoms with Crippen molar-refractivity contribution in [3.63, 3.8) is 0 Å². The second-order valence-electron chi connectivity index (χ2n) is 8.32. The first kappa shape index (κ1) is 24.5. The molecule has 0 saturated heterocycles. The summed E-state index contributed by atoms with van der Waals surface area (Å²) >= 11 is 0. The van der Waals surface area contributed by atoms with Crippen LogP contribution in [-0.4, -0.2) is 46.3 Å². The summed E-state index contributed by atoms with van der Waals surface area (Å²) in [7, 11) is 1.81. The van der Waals surface area contributed by atoms with Crippen LogP contribution in [0.15, 0.2) is 0 Å². The SMILES string of the molecule is CCOC(=O)c1[nH]c(C)c2c1CCCC2=O.CCOC(=O)c1c2c(c(C)n1C)C(=O)CCC2. The third-order valence-corrected chi connectivity index (χ3v) is 6.25. The summed E-state index contributed by atoms with van der Waals surface area (Å²) in [5.41, 5.74) is 5.81. The quantitative estimate of drug-likeness (QED) is 0.696. The van der Waals surface area contributed by atoms with E-state index in [1.807, 2.05) is 20.9 Å². The van der Waals surface area contributed by atoms with Crippen LogP contribution in [0.4, 0.5) is 0 Å². The van der Waals surface area contributed by atoms with Gasteiger partial charge in [-0.2, -0.15) is 0 Å². The lowest BCUT2D eigenvalue weighted by atomic mass is 9.91. The lowest BCUT2D eigenvalue weighted by Gasteiger charge is -2.11. The van der Waals surface area contributed by atoms with Crippen LogP contribution >= 0.6 is 0 Å². The third kappa shape index (κ3) is 4.65. The van der Waals surface area contributed by atoms with Crippen LogP contribution in [0.2, 0.25) is 0 Å². The lowest BCUT2D eigenvalue weighted by Crippen LogP contribution is -2.14. The van der Waals surface area contributed by atoms with E-state index in [4.69, 9.17) is 9.47 Å². The molecule has 8 heteroatoms. The Morgan fingerprint density at radius 2 is 1.39 bits per heavy atom. The molecule has 0 radical (unpaired) electrons. The van der Waals surface area contributed by atoms with Gasteiger partial charge in [0.15, 0.2) is 11.6 Å². The lowest BCUT2D eigenvalue weighted by molar-refractivity contribution is 0.0506. The molecule has 2 aromatic heterocycles. The highest BCUT2D eigenvalue weighted by Gasteiger charge is 2.30. The summed E-state index contributed by atoms with van der Waals surface area (Å²) < 4.78 is 11.8. The Balaban J connectivity index is 0.000000186. The highest BCUT2D eigenvalue weighted by Crippen LogP contribution is 2.30. The Bertz CT molecular complexity index is 1110. The van der Waals surface area contributed by atoms with Gasteiger partial charge >= 0.3 is 11.9 Å². The van der Waals surface area contributed by atoms with Crippen molar-refractivity contribution in [2.24, 2.45) is 7.05 Å². The van der Waals surface area contributed by atoms with E-state index in [0.29, 0.717) is 43.0 Å². The molecule has 0 aliphatic heterocycles. The molecule has 0 atom stereocenters. The van der Waals surface area contributed by atoms with Gasteiger partial charge < -0.3 is 19.0 Å². The highest BCUT2D eigenvalue weighted by molar-refractivity contribution is 6.04. The fraction of sp³-hybridized carbons (Fsp3) is 0.520. The maximum Gasteiger partial charge on any atom is 0.355 e. The molecule has 0 aromatic carbocycles. The number of Topliss-reactive ketones (excluding diaryl/α,β-unsaturated/α-hetero) is 2. The number of hydrogen-bond acceptors (Lipinski definition) is 6. The molecule has 0 fully saturated rings. The Morgan fingerprint density at radius 3 is 2.00 bits per heavy atom. The largest absolute Gasteiger partial charge is 0.461 e. The van der Waals surface area contributed by atoms with Gasteiger partial charge in [-0.25, -0.2) is 9.59 Å². The summed E-state index contributed by atoms with van der Waals surface area (Å²) in [5, 5.41) is 0. The molecule has 2 heterocycles. The van der Waals surface area contributed by atoms with Crippen molar-refractivity contribution in [2.45, 2.75) is 66.2 Å². The molecule has 2 aromatic rings. The van der Waals surface area contributed by atoms with Crippen LogP contribution in [-0.2, 0) is 29.4 Å². The van der Waals surface area contributed by atoms with Crippen LogP contribution in [0.3, 0.4) is 0 Å². The number of carbonyl (C=O) groups is 4. The number of ether oxygens (including phenoxy) is 2. The molecule has 8 nitrogen and oxygen atoms in total. The average molecular weight is 457 g/mol. The van der Waals surface area contributed by atoms with Crippen molar-refractivity contribution in [1.29, 1.82) is 0 Å².